The number of imidazole rings is 1. The van der Waals surface area contributed by atoms with Gasteiger partial charge in [0.15, 0.2) is 0 Å². The number of ether oxygens (including phenoxy) is 1. The Morgan fingerprint density at radius 1 is 1.13 bits per heavy atom. The first kappa shape index (κ1) is 20.7. The SMILES string of the molecule is COc1ccc(C)cc1NC(=O)NCCn1cnc2cc(C(=O)N3CCCC3)ccc21. The van der Waals surface area contributed by atoms with E-state index < -0.39 is 0 Å². The molecule has 2 aromatic carbocycles. The van der Waals surface area contributed by atoms with Crippen molar-refractivity contribution in [2.24, 2.45) is 0 Å². The second-order valence-electron chi connectivity index (χ2n) is 7.73. The Hall–Kier alpha value is -3.55. The molecule has 1 aliphatic heterocycles. The van der Waals surface area contributed by atoms with Crippen molar-refractivity contribution in [1.29, 1.82) is 0 Å². The summed E-state index contributed by atoms with van der Waals surface area (Å²) in [7, 11) is 1.57. The van der Waals surface area contributed by atoms with Gasteiger partial charge in [0.1, 0.15) is 5.75 Å². The fourth-order valence-corrected chi connectivity index (χ4v) is 3.85. The largest absolute Gasteiger partial charge is 0.495 e. The Kier molecular flexibility index (Phi) is 6.06. The van der Waals surface area contributed by atoms with Crippen LogP contribution in [0.1, 0.15) is 28.8 Å². The van der Waals surface area contributed by atoms with Gasteiger partial charge < -0.3 is 24.8 Å². The molecule has 31 heavy (non-hydrogen) atoms. The summed E-state index contributed by atoms with van der Waals surface area (Å²) in [5.41, 5.74) is 4.04. The molecule has 0 atom stereocenters. The molecule has 2 heterocycles. The molecule has 0 unspecified atom stereocenters. The number of amides is 3. The summed E-state index contributed by atoms with van der Waals surface area (Å²) < 4.78 is 7.26. The number of nitrogens with zero attached hydrogens (tertiary/aromatic N) is 3. The normalized spacial score (nSPS) is 13.4. The quantitative estimate of drug-likeness (QED) is 0.638. The minimum atomic E-state index is -0.299. The molecule has 2 N–H and O–H groups in total. The van der Waals surface area contributed by atoms with E-state index in [4.69, 9.17) is 4.74 Å². The molecule has 162 valence electrons. The molecule has 8 nitrogen and oxygen atoms in total. The lowest BCUT2D eigenvalue weighted by Crippen LogP contribution is -2.31. The summed E-state index contributed by atoms with van der Waals surface area (Å²) in [5.74, 6) is 0.680. The van der Waals surface area contributed by atoms with Gasteiger partial charge in [0.2, 0.25) is 0 Å². The van der Waals surface area contributed by atoms with Gasteiger partial charge in [-0.1, -0.05) is 6.07 Å². The van der Waals surface area contributed by atoms with Crippen molar-refractivity contribution in [3.05, 3.63) is 53.9 Å². The van der Waals surface area contributed by atoms with Crippen LogP contribution in [0.2, 0.25) is 0 Å². The van der Waals surface area contributed by atoms with E-state index in [1.165, 1.54) is 0 Å². The molecule has 0 bridgehead atoms. The third kappa shape index (κ3) is 4.63. The van der Waals surface area contributed by atoms with Crippen LogP contribution in [-0.2, 0) is 6.54 Å². The first-order valence-electron chi connectivity index (χ1n) is 10.5. The summed E-state index contributed by atoms with van der Waals surface area (Å²) in [4.78, 5) is 31.2. The van der Waals surface area contributed by atoms with Crippen LogP contribution >= 0.6 is 0 Å². The number of hydrogen-bond acceptors (Lipinski definition) is 4. The van der Waals surface area contributed by atoms with Crippen LogP contribution in [0.5, 0.6) is 5.75 Å². The average Bonchev–Trinajstić information content (AvgIpc) is 3.43. The number of aromatic nitrogens is 2. The predicted molar refractivity (Wildman–Crippen MR) is 120 cm³/mol. The Bertz CT molecular complexity index is 1100. The molecule has 1 fully saturated rings. The van der Waals surface area contributed by atoms with Crippen LogP contribution in [0.3, 0.4) is 0 Å². The van der Waals surface area contributed by atoms with E-state index in [0.717, 1.165) is 42.5 Å². The van der Waals surface area contributed by atoms with E-state index in [0.29, 0.717) is 30.1 Å². The number of likely N-dealkylation sites (tertiary alicyclic amines) is 1. The molecule has 0 spiro atoms. The lowest BCUT2D eigenvalue weighted by molar-refractivity contribution is 0.0793. The number of methoxy groups -OCH3 is 1. The zero-order valence-corrected chi connectivity index (χ0v) is 17.9. The smallest absolute Gasteiger partial charge is 0.319 e. The number of fused-ring (bicyclic) bond motifs is 1. The summed E-state index contributed by atoms with van der Waals surface area (Å²) >= 11 is 0. The van der Waals surface area contributed by atoms with E-state index in [1.54, 1.807) is 13.4 Å². The van der Waals surface area contributed by atoms with Crippen molar-refractivity contribution in [3.63, 3.8) is 0 Å². The van der Waals surface area contributed by atoms with Gasteiger partial charge in [-0.3, -0.25) is 4.79 Å². The summed E-state index contributed by atoms with van der Waals surface area (Å²) in [6.45, 7) is 4.60. The maximum Gasteiger partial charge on any atom is 0.319 e. The van der Waals surface area contributed by atoms with Crippen LogP contribution in [0.15, 0.2) is 42.7 Å². The predicted octanol–water partition coefficient (Wildman–Crippen LogP) is 3.41. The van der Waals surface area contributed by atoms with E-state index in [-0.39, 0.29) is 11.9 Å². The number of carbonyl (C=O) groups excluding carboxylic acids is 2. The van der Waals surface area contributed by atoms with Crippen molar-refractivity contribution < 1.29 is 14.3 Å². The molecule has 3 amide bonds. The van der Waals surface area contributed by atoms with Crippen LogP contribution in [0.25, 0.3) is 11.0 Å². The second kappa shape index (κ2) is 9.07. The zero-order valence-electron chi connectivity index (χ0n) is 17.9. The number of rotatable bonds is 6. The fourth-order valence-electron chi connectivity index (χ4n) is 3.85. The van der Waals surface area contributed by atoms with Crippen LogP contribution in [0, 0.1) is 6.92 Å². The number of hydrogen-bond donors (Lipinski definition) is 2. The van der Waals surface area contributed by atoms with Gasteiger partial charge in [0.05, 0.1) is 30.2 Å². The zero-order chi connectivity index (χ0) is 21.8. The van der Waals surface area contributed by atoms with Gasteiger partial charge in [-0.2, -0.15) is 0 Å². The highest BCUT2D eigenvalue weighted by molar-refractivity contribution is 5.97. The molecule has 0 radical (unpaired) electrons. The molecule has 0 saturated carbocycles. The van der Waals surface area contributed by atoms with Gasteiger partial charge >= 0.3 is 6.03 Å². The Balaban J connectivity index is 1.35. The fraction of sp³-hybridized carbons (Fsp3) is 0.348. The van der Waals surface area contributed by atoms with Crippen LogP contribution in [0.4, 0.5) is 10.5 Å². The summed E-state index contributed by atoms with van der Waals surface area (Å²) in [5, 5.41) is 5.68. The Morgan fingerprint density at radius 2 is 1.94 bits per heavy atom. The number of aryl methyl sites for hydroxylation is 1. The number of nitrogens with one attached hydrogen (secondary N) is 2. The van der Waals surface area contributed by atoms with Gasteiger partial charge in [-0.15, -0.1) is 0 Å². The third-order valence-corrected chi connectivity index (χ3v) is 5.50. The van der Waals surface area contributed by atoms with Crippen molar-refractivity contribution >= 4 is 28.7 Å². The maximum atomic E-state index is 12.6. The van der Waals surface area contributed by atoms with Gasteiger partial charge in [0.25, 0.3) is 5.91 Å². The van der Waals surface area contributed by atoms with E-state index in [2.05, 4.69) is 15.6 Å². The monoisotopic (exact) mass is 421 g/mol. The molecule has 1 saturated heterocycles. The number of benzene rings is 2. The van der Waals surface area contributed by atoms with Crippen molar-refractivity contribution in [2.75, 3.05) is 32.1 Å². The Morgan fingerprint density at radius 3 is 2.71 bits per heavy atom. The standard InChI is InChI=1S/C23H27N5O3/c1-16-5-8-21(31-2)19(13-16)26-23(30)24-9-12-28-15-25-18-14-17(6-7-20(18)28)22(29)27-10-3-4-11-27/h5-8,13-15H,3-4,9-12H2,1-2H3,(H2,24,26,30). The highest BCUT2D eigenvalue weighted by Crippen LogP contribution is 2.25. The second-order valence-corrected chi connectivity index (χ2v) is 7.73. The molecule has 4 rings (SSSR count). The van der Waals surface area contributed by atoms with E-state index in [9.17, 15) is 9.59 Å². The minimum Gasteiger partial charge on any atom is -0.495 e. The highest BCUT2D eigenvalue weighted by atomic mass is 16.5. The lowest BCUT2D eigenvalue weighted by atomic mass is 10.1. The molecule has 1 aliphatic rings. The van der Waals surface area contributed by atoms with Crippen molar-refractivity contribution in [3.8, 4) is 5.75 Å². The van der Waals surface area contributed by atoms with Crippen molar-refractivity contribution in [2.45, 2.75) is 26.3 Å². The van der Waals surface area contributed by atoms with Crippen LogP contribution in [-0.4, -0.2) is 53.1 Å². The topological polar surface area (TPSA) is 88.5 Å². The minimum absolute atomic E-state index is 0.0684. The number of anilines is 1. The van der Waals surface area contributed by atoms with E-state index >= 15 is 0 Å². The molecule has 1 aromatic heterocycles. The van der Waals surface area contributed by atoms with Crippen LogP contribution < -0.4 is 15.4 Å². The first-order chi connectivity index (χ1) is 15.0. The average molecular weight is 422 g/mol. The Labute approximate surface area is 181 Å². The number of carbonyl (C=O) groups is 2. The van der Waals surface area contributed by atoms with Gasteiger partial charge in [-0.05, 0) is 55.7 Å². The van der Waals surface area contributed by atoms with Gasteiger partial charge in [-0.25, -0.2) is 9.78 Å². The molecular weight excluding hydrogens is 394 g/mol. The van der Waals surface area contributed by atoms with Gasteiger partial charge in [0, 0.05) is 31.7 Å². The van der Waals surface area contributed by atoms with E-state index in [1.807, 2.05) is 52.8 Å². The molecular formula is C23H27N5O3. The summed E-state index contributed by atoms with van der Waals surface area (Å²) in [6.07, 6.45) is 3.87. The third-order valence-electron chi connectivity index (χ3n) is 5.50. The lowest BCUT2D eigenvalue weighted by Gasteiger charge is -2.15. The molecule has 8 heteroatoms. The van der Waals surface area contributed by atoms with Crippen molar-refractivity contribution in [1.82, 2.24) is 19.8 Å². The molecule has 0 aliphatic carbocycles. The number of urea groups is 1. The molecule has 3 aromatic rings. The first-order valence-corrected chi connectivity index (χ1v) is 10.5. The summed E-state index contributed by atoms with van der Waals surface area (Å²) in [6, 6.07) is 10.9. The maximum absolute atomic E-state index is 12.6. The highest BCUT2D eigenvalue weighted by Gasteiger charge is 2.20.